The molecule has 2 aromatic carbocycles. The summed E-state index contributed by atoms with van der Waals surface area (Å²) in [4.78, 5) is 0. The number of ether oxygens (including phenoxy) is 3. The van der Waals surface area contributed by atoms with Crippen LogP contribution < -0.4 is 14.2 Å². The van der Waals surface area contributed by atoms with Crippen molar-refractivity contribution in [3.63, 3.8) is 0 Å². The van der Waals surface area contributed by atoms with Gasteiger partial charge >= 0.3 is 0 Å². The van der Waals surface area contributed by atoms with Crippen LogP contribution in [0, 0.1) is 0 Å². The van der Waals surface area contributed by atoms with E-state index in [1.165, 1.54) is 0 Å². The van der Waals surface area contributed by atoms with Crippen molar-refractivity contribution in [1.82, 2.24) is 0 Å². The van der Waals surface area contributed by atoms with E-state index in [1.807, 2.05) is 0 Å². The highest BCUT2D eigenvalue weighted by Gasteiger charge is 2.16. The average molecular weight is 309 g/mol. The zero-order chi connectivity index (χ0) is 15.4. The summed E-state index contributed by atoms with van der Waals surface area (Å²) in [6.45, 7) is 0. The molecular formula is C16H17ClO4. The number of hydrogen-bond acceptors (Lipinski definition) is 4. The van der Waals surface area contributed by atoms with E-state index in [0.29, 0.717) is 33.4 Å². The Balaban J connectivity index is 2.41. The van der Waals surface area contributed by atoms with Crippen LogP contribution in [0.5, 0.6) is 17.2 Å². The van der Waals surface area contributed by atoms with Crippen LogP contribution in [-0.4, -0.2) is 26.4 Å². The number of halogens is 1. The quantitative estimate of drug-likeness (QED) is 0.919. The minimum atomic E-state index is -0.882. The maximum atomic E-state index is 10.5. The zero-order valence-electron chi connectivity index (χ0n) is 12.1. The van der Waals surface area contributed by atoms with E-state index in [4.69, 9.17) is 25.8 Å². The Morgan fingerprint density at radius 3 is 1.90 bits per heavy atom. The van der Waals surface area contributed by atoms with E-state index in [-0.39, 0.29) is 0 Å². The monoisotopic (exact) mass is 308 g/mol. The Kier molecular flexibility index (Phi) is 4.94. The van der Waals surface area contributed by atoms with Gasteiger partial charge in [-0.2, -0.15) is 0 Å². The third-order valence-electron chi connectivity index (χ3n) is 3.19. The molecule has 0 aromatic heterocycles. The third kappa shape index (κ3) is 3.40. The molecule has 0 aliphatic rings. The molecule has 0 bridgehead atoms. The molecule has 1 atom stereocenters. The first-order valence-corrected chi connectivity index (χ1v) is 6.71. The molecule has 112 valence electrons. The summed E-state index contributed by atoms with van der Waals surface area (Å²) in [5.74, 6) is 1.85. The molecule has 2 rings (SSSR count). The van der Waals surface area contributed by atoms with Crippen LogP contribution >= 0.6 is 11.6 Å². The number of benzene rings is 2. The summed E-state index contributed by atoms with van der Waals surface area (Å²) in [7, 11) is 4.69. The fourth-order valence-corrected chi connectivity index (χ4v) is 2.30. The minimum Gasteiger partial charge on any atom is -0.497 e. The smallest absolute Gasteiger partial charge is 0.122 e. The van der Waals surface area contributed by atoms with Gasteiger partial charge in [0.1, 0.15) is 23.4 Å². The molecule has 0 saturated carbocycles. The second-order valence-corrected chi connectivity index (χ2v) is 4.84. The number of aliphatic hydroxyl groups is 1. The largest absolute Gasteiger partial charge is 0.497 e. The van der Waals surface area contributed by atoms with Crippen molar-refractivity contribution in [2.75, 3.05) is 21.3 Å². The summed E-state index contributed by atoms with van der Waals surface area (Å²) in [6, 6.07) is 10.4. The van der Waals surface area contributed by atoms with Gasteiger partial charge in [-0.15, -0.1) is 0 Å². The first-order valence-electron chi connectivity index (χ1n) is 6.33. The Bertz CT molecular complexity index is 605. The average Bonchev–Trinajstić information content (AvgIpc) is 2.53. The lowest BCUT2D eigenvalue weighted by molar-refractivity contribution is 0.219. The lowest BCUT2D eigenvalue weighted by atomic mass is 10.0. The van der Waals surface area contributed by atoms with Crippen LogP contribution in [0.3, 0.4) is 0 Å². The lowest BCUT2D eigenvalue weighted by Crippen LogP contribution is -2.02. The van der Waals surface area contributed by atoms with Gasteiger partial charge in [0, 0.05) is 11.6 Å². The van der Waals surface area contributed by atoms with Gasteiger partial charge in [0.15, 0.2) is 0 Å². The second kappa shape index (κ2) is 6.70. The number of hydrogen-bond donors (Lipinski definition) is 1. The van der Waals surface area contributed by atoms with Gasteiger partial charge in [0.25, 0.3) is 0 Å². The van der Waals surface area contributed by atoms with E-state index in [0.717, 1.165) is 0 Å². The maximum Gasteiger partial charge on any atom is 0.122 e. The molecule has 1 N–H and O–H groups in total. The number of aliphatic hydroxyl groups excluding tert-OH is 1. The summed E-state index contributed by atoms with van der Waals surface area (Å²) in [5.41, 5.74) is 1.23. The molecule has 2 aromatic rings. The Labute approximate surface area is 128 Å². The summed E-state index contributed by atoms with van der Waals surface area (Å²) >= 11 is 6.20. The molecule has 0 aliphatic carbocycles. The maximum absolute atomic E-state index is 10.5. The lowest BCUT2D eigenvalue weighted by Gasteiger charge is -2.16. The Hall–Kier alpha value is -1.91. The molecule has 1 unspecified atom stereocenters. The van der Waals surface area contributed by atoms with Gasteiger partial charge in [-0.1, -0.05) is 17.7 Å². The second-order valence-electron chi connectivity index (χ2n) is 4.44. The summed E-state index contributed by atoms with van der Waals surface area (Å²) < 4.78 is 15.5. The van der Waals surface area contributed by atoms with E-state index >= 15 is 0 Å². The molecule has 5 heteroatoms. The molecule has 0 aliphatic heterocycles. The standard InChI is InChI=1S/C16H17ClO4/c1-19-11-4-5-14(15(17)9-11)16(18)10-6-12(20-2)8-13(7-10)21-3/h4-9,16,18H,1-3H3. The van der Waals surface area contributed by atoms with Crippen molar-refractivity contribution in [2.24, 2.45) is 0 Å². The van der Waals surface area contributed by atoms with Crippen molar-refractivity contribution >= 4 is 11.6 Å². The van der Waals surface area contributed by atoms with Gasteiger partial charge in [0.05, 0.1) is 26.4 Å². The fourth-order valence-electron chi connectivity index (χ4n) is 2.02. The zero-order valence-corrected chi connectivity index (χ0v) is 12.8. The van der Waals surface area contributed by atoms with Gasteiger partial charge in [-0.05, 0) is 29.8 Å². The highest BCUT2D eigenvalue weighted by molar-refractivity contribution is 6.31. The topological polar surface area (TPSA) is 47.9 Å². The van der Waals surface area contributed by atoms with Crippen LogP contribution in [0.4, 0.5) is 0 Å². The van der Waals surface area contributed by atoms with Gasteiger partial charge in [0.2, 0.25) is 0 Å². The van der Waals surface area contributed by atoms with Crippen LogP contribution in [-0.2, 0) is 0 Å². The molecule has 21 heavy (non-hydrogen) atoms. The van der Waals surface area contributed by atoms with Gasteiger partial charge < -0.3 is 19.3 Å². The van der Waals surface area contributed by atoms with Crippen LogP contribution in [0.2, 0.25) is 5.02 Å². The first-order chi connectivity index (χ1) is 10.1. The van der Waals surface area contributed by atoms with Crippen molar-refractivity contribution < 1.29 is 19.3 Å². The van der Waals surface area contributed by atoms with Crippen molar-refractivity contribution in [3.8, 4) is 17.2 Å². The number of rotatable bonds is 5. The van der Waals surface area contributed by atoms with E-state index in [9.17, 15) is 5.11 Å². The van der Waals surface area contributed by atoms with Crippen LogP contribution in [0.1, 0.15) is 17.2 Å². The highest BCUT2D eigenvalue weighted by Crippen LogP contribution is 2.34. The Morgan fingerprint density at radius 1 is 0.857 bits per heavy atom. The summed E-state index contributed by atoms with van der Waals surface area (Å²) in [5, 5.41) is 11.0. The van der Waals surface area contributed by atoms with E-state index in [1.54, 1.807) is 57.7 Å². The molecular weight excluding hydrogens is 292 g/mol. The molecule has 0 saturated heterocycles. The molecule has 0 heterocycles. The Morgan fingerprint density at radius 2 is 1.43 bits per heavy atom. The van der Waals surface area contributed by atoms with Crippen molar-refractivity contribution in [1.29, 1.82) is 0 Å². The normalized spacial score (nSPS) is 11.9. The highest BCUT2D eigenvalue weighted by atomic mass is 35.5. The molecule has 0 radical (unpaired) electrons. The first kappa shape index (κ1) is 15.5. The predicted octanol–water partition coefficient (Wildman–Crippen LogP) is 3.45. The predicted molar refractivity (Wildman–Crippen MR) is 81.6 cm³/mol. The van der Waals surface area contributed by atoms with Crippen LogP contribution in [0.15, 0.2) is 36.4 Å². The molecule has 0 spiro atoms. The molecule has 0 fully saturated rings. The van der Waals surface area contributed by atoms with E-state index < -0.39 is 6.10 Å². The van der Waals surface area contributed by atoms with Crippen molar-refractivity contribution in [3.05, 3.63) is 52.5 Å². The fraction of sp³-hybridized carbons (Fsp3) is 0.250. The minimum absolute atomic E-state index is 0.434. The van der Waals surface area contributed by atoms with E-state index in [2.05, 4.69) is 0 Å². The number of methoxy groups -OCH3 is 3. The summed E-state index contributed by atoms with van der Waals surface area (Å²) in [6.07, 6.45) is -0.882. The third-order valence-corrected chi connectivity index (χ3v) is 3.52. The van der Waals surface area contributed by atoms with Crippen LogP contribution in [0.25, 0.3) is 0 Å². The van der Waals surface area contributed by atoms with Gasteiger partial charge in [-0.25, -0.2) is 0 Å². The van der Waals surface area contributed by atoms with Crippen molar-refractivity contribution in [2.45, 2.75) is 6.10 Å². The SMILES string of the molecule is COc1cc(OC)cc(C(O)c2ccc(OC)cc2Cl)c1. The van der Waals surface area contributed by atoms with Gasteiger partial charge in [-0.3, -0.25) is 0 Å². The molecule has 4 nitrogen and oxygen atoms in total. The molecule has 0 amide bonds.